The number of carbonyl (C=O) groups excluding carboxylic acids is 2. The molecule has 11 nitrogen and oxygen atoms in total. The standard InChI is InChI=1S/C29H30FN7O4/c1-27(2,3)41-26(39)35-29-12-28(13-29,14-29)25(38)34-24-20(40-5)10-19-23(33-24)22(32-15-31-19)18-11-37(4)36-21(18)16-6-8-17(30)9-7-16/h6-11,15H,12-14H2,1-5H3,(H,35,39)(H,33,34,38). The molecule has 3 aliphatic carbocycles. The summed E-state index contributed by atoms with van der Waals surface area (Å²) in [6, 6.07) is 7.76. The molecule has 4 aromatic rings. The molecule has 3 aromatic heterocycles. The molecular formula is C29H30FN7O4. The van der Waals surface area contributed by atoms with Crippen molar-refractivity contribution in [2.75, 3.05) is 12.4 Å². The van der Waals surface area contributed by atoms with Gasteiger partial charge in [-0.05, 0) is 64.3 Å². The number of rotatable bonds is 6. The highest BCUT2D eigenvalue weighted by atomic mass is 19.1. The third-order valence-corrected chi connectivity index (χ3v) is 7.51. The molecule has 0 radical (unpaired) electrons. The van der Waals surface area contributed by atoms with E-state index in [1.807, 2.05) is 27.0 Å². The lowest BCUT2D eigenvalue weighted by Gasteiger charge is -2.68. The highest BCUT2D eigenvalue weighted by Crippen LogP contribution is 2.67. The fraction of sp³-hybridized carbons (Fsp3) is 0.379. The highest BCUT2D eigenvalue weighted by molar-refractivity contribution is 6.01. The number of ether oxygens (including phenoxy) is 2. The van der Waals surface area contributed by atoms with Crippen LogP contribution in [0.4, 0.5) is 15.0 Å². The monoisotopic (exact) mass is 559 g/mol. The number of alkyl carbamates (subject to hydrolysis) is 1. The summed E-state index contributed by atoms with van der Waals surface area (Å²) < 4.78 is 26.2. The van der Waals surface area contributed by atoms with Crippen LogP contribution < -0.4 is 15.4 Å². The molecule has 2 N–H and O–H groups in total. The maximum atomic E-state index is 13.6. The number of amides is 2. The van der Waals surface area contributed by atoms with E-state index in [-0.39, 0.29) is 17.5 Å². The maximum absolute atomic E-state index is 13.6. The molecule has 3 saturated carbocycles. The number of methoxy groups -OCH3 is 1. The molecule has 3 fully saturated rings. The topological polar surface area (TPSA) is 133 Å². The van der Waals surface area contributed by atoms with Gasteiger partial charge in [-0.15, -0.1) is 0 Å². The molecule has 1 aromatic carbocycles. The van der Waals surface area contributed by atoms with Crippen molar-refractivity contribution in [3.05, 3.63) is 48.7 Å². The zero-order valence-corrected chi connectivity index (χ0v) is 23.4. The Hall–Kier alpha value is -4.61. The third kappa shape index (κ3) is 4.72. The number of fused-ring (bicyclic) bond motifs is 1. The van der Waals surface area contributed by atoms with E-state index in [0.717, 1.165) is 0 Å². The van der Waals surface area contributed by atoms with Gasteiger partial charge in [0, 0.05) is 36.0 Å². The van der Waals surface area contributed by atoms with Gasteiger partial charge >= 0.3 is 6.09 Å². The fourth-order valence-corrected chi connectivity index (χ4v) is 5.81. The van der Waals surface area contributed by atoms with Crippen molar-refractivity contribution in [3.63, 3.8) is 0 Å². The van der Waals surface area contributed by atoms with Gasteiger partial charge in [0.25, 0.3) is 0 Å². The van der Waals surface area contributed by atoms with Crippen molar-refractivity contribution >= 4 is 28.9 Å². The molecule has 0 aliphatic heterocycles. The normalized spacial score (nSPS) is 21.0. The average Bonchev–Trinajstić information content (AvgIpc) is 3.25. The number of hydrogen-bond acceptors (Lipinski definition) is 8. The second kappa shape index (κ2) is 9.22. The van der Waals surface area contributed by atoms with E-state index in [1.165, 1.54) is 25.6 Å². The first-order chi connectivity index (χ1) is 19.4. The minimum atomic E-state index is -0.598. The van der Waals surface area contributed by atoms with Crippen LogP contribution in [0.1, 0.15) is 40.0 Å². The minimum absolute atomic E-state index is 0.192. The first-order valence-corrected chi connectivity index (χ1v) is 13.2. The molecule has 0 spiro atoms. The number of halogens is 1. The summed E-state index contributed by atoms with van der Waals surface area (Å²) in [6.07, 6.45) is 4.32. The molecule has 0 atom stereocenters. The van der Waals surface area contributed by atoms with E-state index < -0.39 is 22.6 Å². The Morgan fingerprint density at radius 1 is 1.07 bits per heavy atom. The minimum Gasteiger partial charge on any atom is -0.493 e. The van der Waals surface area contributed by atoms with E-state index in [4.69, 9.17) is 14.5 Å². The van der Waals surface area contributed by atoms with Gasteiger partial charge < -0.3 is 20.1 Å². The predicted molar refractivity (Wildman–Crippen MR) is 148 cm³/mol. The van der Waals surface area contributed by atoms with Gasteiger partial charge in [0.2, 0.25) is 5.91 Å². The maximum Gasteiger partial charge on any atom is 0.408 e. The quantitative estimate of drug-likeness (QED) is 0.350. The van der Waals surface area contributed by atoms with Crippen LogP contribution in [0.2, 0.25) is 0 Å². The molecule has 0 saturated heterocycles. The van der Waals surface area contributed by atoms with Crippen LogP contribution in [0.5, 0.6) is 5.75 Å². The molecule has 12 heteroatoms. The van der Waals surface area contributed by atoms with Crippen molar-refractivity contribution < 1.29 is 23.5 Å². The summed E-state index contributed by atoms with van der Waals surface area (Å²) in [5.74, 6) is 0.0613. The largest absolute Gasteiger partial charge is 0.493 e. The molecule has 0 unspecified atom stereocenters. The molecule has 2 amide bonds. The lowest BCUT2D eigenvalue weighted by atomic mass is 9.39. The second-order valence-electron chi connectivity index (χ2n) is 11.9. The first kappa shape index (κ1) is 26.6. The van der Waals surface area contributed by atoms with Gasteiger partial charge in [0.05, 0.1) is 18.0 Å². The van der Waals surface area contributed by atoms with E-state index in [9.17, 15) is 14.0 Å². The van der Waals surface area contributed by atoms with E-state index in [2.05, 4.69) is 25.7 Å². The van der Waals surface area contributed by atoms with Crippen LogP contribution >= 0.6 is 0 Å². The van der Waals surface area contributed by atoms with Crippen molar-refractivity contribution in [1.82, 2.24) is 30.0 Å². The van der Waals surface area contributed by atoms with Crippen LogP contribution in [-0.4, -0.2) is 55.0 Å². The lowest BCUT2D eigenvalue weighted by Crippen LogP contribution is -2.77. The number of anilines is 1. The summed E-state index contributed by atoms with van der Waals surface area (Å²) in [5, 5.41) is 10.4. The molecule has 212 valence electrons. The number of aryl methyl sites for hydroxylation is 1. The molecule has 7 rings (SSSR count). The van der Waals surface area contributed by atoms with Crippen LogP contribution in [0.3, 0.4) is 0 Å². The van der Waals surface area contributed by atoms with E-state index in [0.29, 0.717) is 58.6 Å². The SMILES string of the molecule is COc1cc2ncnc(-c3cn(C)nc3-c3ccc(F)cc3)c2nc1NC(=O)C12CC(NC(=O)OC(C)(C)C)(C1)C2. The predicted octanol–water partition coefficient (Wildman–Crippen LogP) is 4.63. The Morgan fingerprint density at radius 3 is 2.44 bits per heavy atom. The van der Waals surface area contributed by atoms with Crippen molar-refractivity contribution in [2.45, 2.75) is 51.2 Å². The Balaban J connectivity index is 1.28. The Kier molecular flexibility index (Phi) is 5.98. The van der Waals surface area contributed by atoms with E-state index in [1.54, 1.807) is 29.9 Å². The number of nitrogens with one attached hydrogen (secondary N) is 2. The lowest BCUT2D eigenvalue weighted by molar-refractivity contribution is -0.174. The van der Waals surface area contributed by atoms with Crippen molar-refractivity contribution in [2.24, 2.45) is 12.5 Å². The summed E-state index contributed by atoms with van der Waals surface area (Å²) in [6.45, 7) is 5.42. The molecule has 3 aliphatic rings. The summed E-state index contributed by atoms with van der Waals surface area (Å²) in [4.78, 5) is 39.3. The zero-order valence-electron chi connectivity index (χ0n) is 23.4. The van der Waals surface area contributed by atoms with Gasteiger partial charge in [-0.3, -0.25) is 9.48 Å². The third-order valence-electron chi connectivity index (χ3n) is 7.51. The number of benzene rings is 1. The number of carbonyl (C=O) groups is 2. The number of aromatic nitrogens is 5. The molecule has 3 heterocycles. The molecule has 41 heavy (non-hydrogen) atoms. The Morgan fingerprint density at radius 2 is 1.78 bits per heavy atom. The molecule has 2 bridgehead atoms. The van der Waals surface area contributed by atoms with Gasteiger partial charge in [0.1, 0.15) is 34.7 Å². The van der Waals surface area contributed by atoms with E-state index >= 15 is 0 Å². The average molecular weight is 560 g/mol. The van der Waals surface area contributed by atoms with Gasteiger partial charge in [-0.1, -0.05) is 0 Å². The van der Waals surface area contributed by atoms with Crippen LogP contribution in [0.25, 0.3) is 33.5 Å². The van der Waals surface area contributed by atoms with Gasteiger partial charge in [-0.25, -0.2) is 24.1 Å². The van der Waals surface area contributed by atoms with Crippen LogP contribution in [-0.2, 0) is 16.6 Å². The van der Waals surface area contributed by atoms with Crippen molar-refractivity contribution in [1.29, 1.82) is 0 Å². The summed E-state index contributed by atoms with van der Waals surface area (Å²) in [5.41, 5.74) is 1.86. The number of hydrogen-bond donors (Lipinski definition) is 2. The highest BCUT2D eigenvalue weighted by Gasteiger charge is 2.72. The Bertz CT molecular complexity index is 1670. The first-order valence-electron chi connectivity index (χ1n) is 13.2. The van der Waals surface area contributed by atoms with Crippen LogP contribution in [0.15, 0.2) is 42.9 Å². The van der Waals surface area contributed by atoms with Crippen LogP contribution in [0, 0.1) is 11.2 Å². The van der Waals surface area contributed by atoms with Crippen molar-refractivity contribution in [3.8, 4) is 28.3 Å². The summed E-state index contributed by atoms with van der Waals surface area (Å²) >= 11 is 0. The summed E-state index contributed by atoms with van der Waals surface area (Å²) in [7, 11) is 3.28. The fourth-order valence-electron chi connectivity index (χ4n) is 5.81. The second-order valence-corrected chi connectivity index (χ2v) is 11.9. The number of pyridine rings is 1. The Labute approximate surface area is 235 Å². The molecular weight excluding hydrogens is 529 g/mol. The van der Waals surface area contributed by atoms with Gasteiger partial charge in [0.15, 0.2) is 11.6 Å². The zero-order chi connectivity index (χ0) is 29.2. The van der Waals surface area contributed by atoms with Gasteiger partial charge in [-0.2, -0.15) is 5.10 Å². The number of nitrogens with zero attached hydrogens (tertiary/aromatic N) is 5. The smallest absolute Gasteiger partial charge is 0.408 e.